The average Bonchev–Trinajstić information content (AvgIpc) is 3.22. The van der Waals surface area contributed by atoms with Crippen LogP contribution in [-0.4, -0.2) is 24.0 Å². The zero-order chi connectivity index (χ0) is 21.3. The number of anilines is 2. The lowest BCUT2D eigenvalue weighted by atomic mass is 10.1. The van der Waals surface area contributed by atoms with Crippen molar-refractivity contribution in [3.8, 4) is 17.0 Å². The zero-order valence-electron chi connectivity index (χ0n) is 17.1. The average molecular weight is 422 g/mol. The molecule has 1 aliphatic rings. The van der Waals surface area contributed by atoms with Gasteiger partial charge in [0.15, 0.2) is 6.10 Å². The molecule has 0 bridgehead atoms. The number of nitrogens with zero attached hydrogens (tertiary/aromatic N) is 2. The topological polar surface area (TPSA) is 68.4 Å². The second kappa shape index (κ2) is 8.36. The summed E-state index contributed by atoms with van der Waals surface area (Å²) in [6.07, 6.45) is 2.45. The smallest absolute Gasteiger partial charge is 0.258 e. The first-order valence-corrected chi connectivity index (χ1v) is 10.4. The monoisotopic (exact) mass is 421 g/mol. The Balaban J connectivity index is 1.67. The van der Waals surface area contributed by atoms with E-state index in [1.807, 2.05) is 48.5 Å². The Kier molecular flexibility index (Phi) is 5.64. The Bertz CT molecular complexity index is 1080. The fourth-order valence-corrected chi connectivity index (χ4v) is 3.96. The predicted molar refractivity (Wildman–Crippen MR) is 120 cm³/mol. The van der Waals surface area contributed by atoms with Gasteiger partial charge in [0.2, 0.25) is 0 Å². The molecule has 4 rings (SSSR count). The molecule has 0 saturated heterocycles. The summed E-state index contributed by atoms with van der Waals surface area (Å²) in [6.45, 7) is 1.64. The molecule has 1 aromatic heterocycles. The third-order valence-corrected chi connectivity index (χ3v) is 5.68. The number of aryl methyl sites for hydroxylation is 1. The first kappa shape index (κ1) is 20.2. The molecule has 154 valence electrons. The summed E-state index contributed by atoms with van der Waals surface area (Å²) < 4.78 is 5.56. The van der Waals surface area contributed by atoms with Gasteiger partial charge in [0.05, 0.1) is 5.69 Å². The quantitative estimate of drug-likeness (QED) is 0.613. The number of fused-ring (bicyclic) bond motifs is 1. The van der Waals surface area contributed by atoms with Gasteiger partial charge in [-0.3, -0.25) is 9.78 Å². The molecule has 1 aliphatic carbocycles. The van der Waals surface area contributed by atoms with Crippen LogP contribution in [0.15, 0.2) is 54.6 Å². The number of hydrogen-bond donors (Lipinski definition) is 1. The second-order valence-electron chi connectivity index (χ2n) is 7.53. The number of amides is 1. The molecule has 5 nitrogen and oxygen atoms in total. The summed E-state index contributed by atoms with van der Waals surface area (Å²) in [5, 5.41) is 0.700. The van der Waals surface area contributed by atoms with Crippen molar-refractivity contribution in [2.24, 2.45) is 5.73 Å². The van der Waals surface area contributed by atoms with Gasteiger partial charge in [-0.15, -0.1) is 0 Å². The van der Waals surface area contributed by atoms with E-state index in [1.54, 1.807) is 6.92 Å². The van der Waals surface area contributed by atoms with Crippen molar-refractivity contribution in [3.05, 3.63) is 70.9 Å². The molecule has 6 heteroatoms. The maximum atomic E-state index is 11.2. The predicted octanol–water partition coefficient (Wildman–Crippen LogP) is 4.91. The molecule has 3 aromatic rings. The minimum Gasteiger partial charge on any atom is -0.481 e. The van der Waals surface area contributed by atoms with E-state index in [4.69, 9.17) is 27.1 Å². The van der Waals surface area contributed by atoms with Gasteiger partial charge < -0.3 is 15.4 Å². The fourth-order valence-electron chi connectivity index (χ4n) is 3.77. The third-order valence-electron chi connectivity index (χ3n) is 5.45. The summed E-state index contributed by atoms with van der Waals surface area (Å²) in [7, 11) is 2.05. The van der Waals surface area contributed by atoms with Gasteiger partial charge >= 0.3 is 0 Å². The number of rotatable bonds is 6. The number of pyridine rings is 1. The number of benzene rings is 2. The number of primary amides is 1. The molecule has 1 amide bonds. The van der Waals surface area contributed by atoms with Crippen molar-refractivity contribution in [2.45, 2.75) is 32.3 Å². The standard InChI is InChI=1S/C24H24ClN3O2/c1-15(24(26)29)30-19-11-9-18(10-12-19)28(2)23-14-22(16-5-3-6-17(25)13-16)27-21-8-4-7-20(21)23/h3,5-6,9-15H,4,7-8H2,1-2H3,(H2,26,29). The first-order chi connectivity index (χ1) is 14.4. The van der Waals surface area contributed by atoms with Crippen LogP contribution in [0.2, 0.25) is 5.02 Å². The second-order valence-corrected chi connectivity index (χ2v) is 7.97. The molecule has 30 heavy (non-hydrogen) atoms. The Morgan fingerprint density at radius 1 is 1.17 bits per heavy atom. The summed E-state index contributed by atoms with van der Waals surface area (Å²) in [4.78, 5) is 18.3. The molecular weight excluding hydrogens is 398 g/mol. The van der Waals surface area contributed by atoms with Crippen LogP contribution in [0.25, 0.3) is 11.3 Å². The van der Waals surface area contributed by atoms with Crippen molar-refractivity contribution in [2.75, 3.05) is 11.9 Å². The van der Waals surface area contributed by atoms with Crippen LogP contribution in [0.5, 0.6) is 5.75 Å². The molecule has 1 unspecified atom stereocenters. The lowest BCUT2D eigenvalue weighted by Gasteiger charge is -2.24. The van der Waals surface area contributed by atoms with Gasteiger partial charge in [-0.25, -0.2) is 0 Å². The lowest BCUT2D eigenvalue weighted by Crippen LogP contribution is -2.30. The largest absolute Gasteiger partial charge is 0.481 e. The van der Waals surface area contributed by atoms with Crippen molar-refractivity contribution in [3.63, 3.8) is 0 Å². The molecule has 0 spiro atoms. The van der Waals surface area contributed by atoms with Crippen molar-refractivity contribution < 1.29 is 9.53 Å². The van der Waals surface area contributed by atoms with Crippen LogP contribution in [0.1, 0.15) is 24.6 Å². The van der Waals surface area contributed by atoms with E-state index in [-0.39, 0.29) is 0 Å². The van der Waals surface area contributed by atoms with Crippen LogP contribution in [0, 0.1) is 0 Å². The maximum Gasteiger partial charge on any atom is 0.258 e. The molecule has 0 aliphatic heterocycles. The highest BCUT2D eigenvalue weighted by Crippen LogP contribution is 2.37. The lowest BCUT2D eigenvalue weighted by molar-refractivity contribution is -0.123. The van der Waals surface area contributed by atoms with Gasteiger partial charge in [-0.2, -0.15) is 0 Å². The van der Waals surface area contributed by atoms with Crippen LogP contribution in [0.3, 0.4) is 0 Å². The maximum absolute atomic E-state index is 11.2. The Hall–Kier alpha value is -3.05. The molecular formula is C24H24ClN3O2. The molecule has 2 N–H and O–H groups in total. The SMILES string of the molecule is CC(Oc1ccc(N(C)c2cc(-c3cccc(Cl)c3)nc3c2CCC3)cc1)C(N)=O. The van der Waals surface area contributed by atoms with Gasteiger partial charge in [0.25, 0.3) is 5.91 Å². The summed E-state index contributed by atoms with van der Waals surface area (Å²) in [5.41, 5.74) is 11.8. The van der Waals surface area contributed by atoms with Crippen molar-refractivity contribution >= 4 is 28.9 Å². The highest BCUT2D eigenvalue weighted by Gasteiger charge is 2.21. The Labute approximate surface area is 181 Å². The van der Waals surface area contributed by atoms with Crippen molar-refractivity contribution in [1.82, 2.24) is 4.98 Å². The van der Waals surface area contributed by atoms with Gasteiger partial charge in [0.1, 0.15) is 5.75 Å². The molecule has 1 heterocycles. The summed E-state index contributed by atoms with van der Waals surface area (Å²) in [5.74, 6) is 0.120. The minimum absolute atomic E-state index is 0.489. The minimum atomic E-state index is -0.669. The number of hydrogen-bond acceptors (Lipinski definition) is 4. The van der Waals surface area contributed by atoms with Crippen LogP contribution < -0.4 is 15.4 Å². The van der Waals surface area contributed by atoms with Gasteiger partial charge in [-0.1, -0.05) is 23.7 Å². The van der Waals surface area contributed by atoms with Crippen LogP contribution >= 0.6 is 11.6 Å². The van der Waals surface area contributed by atoms with E-state index >= 15 is 0 Å². The van der Waals surface area contributed by atoms with E-state index in [0.717, 1.165) is 47.6 Å². The van der Waals surface area contributed by atoms with Gasteiger partial charge in [-0.05, 0) is 74.2 Å². The number of carbonyl (C=O) groups excluding carboxylic acids is 1. The first-order valence-electron chi connectivity index (χ1n) is 10.0. The summed E-state index contributed by atoms with van der Waals surface area (Å²) in [6, 6.07) is 17.6. The molecule has 0 radical (unpaired) electrons. The Morgan fingerprint density at radius 3 is 2.63 bits per heavy atom. The van der Waals surface area contributed by atoms with E-state index in [1.165, 1.54) is 5.56 Å². The molecule has 1 atom stereocenters. The van der Waals surface area contributed by atoms with Crippen molar-refractivity contribution in [1.29, 1.82) is 0 Å². The third kappa shape index (κ3) is 4.12. The van der Waals surface area contributed by atoms with Crippen LogP contribution in [-0.2, 0) is 17.6 Å². The van der Waals surface area contributed by atoms with E-state index in [9.17, 15) is 4.79 Å². The highest BCUT2D eigenvalue weighted by molar-refractivity contribution is 6.30. The Morgan fingerprint density at radius 2 is 1.93 bits per heavy atom. The normalized spacial score (nSPS) is 13.6. The number of nitrogens with two attached hydrogens (primary N) is 1. The molecule has 0 fully saturated rings. The zero-order valence-corrected chi connectivity index (χ0v) is 17.8. The number of aromatic nitrogens is 1. The van der Waals surface area contributed by atoms with Gasteiger partial charge in [0, 0.05) is 34.7 Å². The number of ether oxygens (including phenoxy) is 1. The number of carbonyl (C=O) groups is 1. The van der Waals surface area contributed by atoms with E-state index in [2.05, 4.69) is 18.0 Å². The summed E-state index contributed by atoms with van der Waals surface area (Å²) >= 11 is 6.20. The fraction of sp³-hybridized carbons (Fsp3) is 0.250. The number of halogens is 1. The molecule has 2 aromatic carbocycles. The van der Waals surface area contributed by atoms with E-state index in [0.29, 0.717) is 10.8 Å². The molecule has 0 saturated carbocycles. The van der Waals surface area contributed by atoms with Crippen LogP contribution in [0.4, 0.5) is 11.4 Å². The van der Waals surface area contributed by atoms with E-state index < -0.39 is 12.0 Å². The highest BCUT2D eigenvalue weighted by atomic mass is 35.5.